The van der Waals surface area contributed by atoms with Crippen LogP contribution in [0.5, 0.6) is 0 Å². The Balaban J connectivity index is 1.64. The highest BCUT2D eigenvalue weighted by Crippen LogP contribution is 2.44. The molecule has 0 spiro atoms. The number of fused-ring (bicyclic) bond motifs is 3. The molecule has 7 heteroatoms. The Bertz CT molecular complexity index is 999. The maximum absolute atomic E-state index is 13.0. The maximum Gasteiger partial charge on any atom is 0.407 e. The summed E-state index contributed by atoms with van der Waals surface area (Å²) in [5.74, 6) is -1.76. The molecule has 0 fully saturated rings. The van der Waals surface area contributed by atoms with E-state index in [1.54, 1.807) is 13.8 Å². The van der Waals surface area contributed by atoms with E-state index in [1.807, 2.05) is 38.1 Å². The van der Waals surface area contributed by atoms with Crippen LogP contribution in [0.15, 0.2) is 48.5 Å². The highest BCUT2D eigenvalue weighted by molar-refractivity contribution is 5.88. The fourth-order valence-electron chi connectivity index (χ4n) is 4.60. The second-order valence-corrected chi connectivity index (χ2v) is 9.20. The van der Waals surface area contributed by atoms with Crippen LogP contribution in [0.4, 0.5) is 4.79 Å². The zero-order chi connectivity index (χ0) is 24.9. The van der Waals surface area contributed by atoms with E-state index in [-0.39, 0.29) is 30.9 Å². The molecule has 2 aromatic carbocycles. The molecule has 1 atom stereocenters. The molecule has 1 aliphatic carbocycles. The standard InChI is InChI=1S/C27H34N2O5/c1-5-27(6-2,25(32)29-23(17(3)4)24(30)31)16-28-26(33)34-15-22-20-13-9-7-11-18(20)19-12-8-10-14-21(19)22/h7-14,17,22-23H,5-6,15-16H2,1-4H3,(H,28,33)(H,29,32)(H,30,31). The van der Waals surface area contributed by atoms with E-state index in [1.165, 1.54) is 0 Å². The number of carbonyl (C=O) groups excluding carboxylic acids is 2. The number of hydrogen-bond acceptors (Lipinski definition) is 4. The lowest BCUT2D eigenvalue weighted by Crippen LogP contribution is -2.53. The van der Waals surface area contributed by atoms with Crippen molar-refractivity contribution in [2.75, 3.05) is 13.2 Å². The van der Waals surface area contributed by atoms with Crippen LogP contribution in [-0.4, -0.2) is 42.3 Å². The molecule has 0 saturated heterocycles. The fraction of sp³-hybridized carbons (Fsp3) is 0.444. The third-order valence-electron chi connectivity index (χ3n) is 6.97. The average molecular weight is 467 g/mol. The first-order valence-electron chi connectivity index (χ1n) is 11.9. The van der Waals surface area contributed by atoms with Gasteiger partial charge in [-0.3, -0.25) is 4.79 Å². The molecule has 2 aromatic rings. The molecule has 3 rings (SSSR count). The molecule has 2 amide bonds. The molecule has 182 valence electrons. The van der Waals surface area contributed by atoms with E-state index in [2.05, 4.69) is 34.9 Å². The third-order valence-corrected chi connectivity index (χ3v) is 6.97. The molecule has 7 nitrogen and oxygen atoms in total. The van der Waals surface area contributed by atoms with Crippen LogP contribution >= 0.6 is 0 Å². The summed E-state index contributed by atoms with van der Waals surface area (Å²) in [6, 6.07) is 15.2. The summed E-state index contributed by atoms with van der Waals surface area (Å²) in [6.07, 6.45) is 0.298. The third kappa shape index (κ3) is 5.08. The lowest BCUT2D eigenvalue weighted by Gasteiger charge is -2.32. The first kappa shape index (κ1) is 25.3. The van der Waals surface area contributed by atoms with Gasteiger partial charge in [0.1, 0.15) is 12.6 Å². The number of amides is 2. The number of rotatable bonds is 10. The van der Waals surface area contributed by atoms with Gasteiger partial charge in [0, 0.05) is 12.5 Å². The van der Waals surface area contributed by atoms with Crippen molar-refractivity contribution >= 4 is 18.0 Å². The predicted octanol–water partition coefficient (Wildman–Crippen LogP) is 4.56. The number of ether oxygens (including phenoxy) is 1. The molecule has 3 N–H and O–H groups in total. The highest BCUT2D eigenvalue weighted by Gasteiger charge is 2.38. The second kappa shape index (κ2) is 10.7. The number of aliphatic carboxylic acids is 1. The van der Waals surface area contributed by atoms with Gasteiger partial charge < -0.3 is 20.5 Å². The van der Waals surface area contributed by atoms with Crippen LogP contribution < -0.4 is 10.6 Å². The second-order valence-electron chi connectivity index (χ2n) is 9.20. The Labute approximate surface area is 200 Å². The van der Waals surface area contributed by atoms with E-state index in [9.17, 15) is 19.5 Å². The van der Waals surface area contributed by atoms with Gasteiger partial charge in [-0.05, 0) is 41.0 Å². The van der Waals surface area contributed by atoms with Crippen molar-refractivity contribution in [2.45, 2.75) is 52.5 Å². The quantitative estimate of drug-likeness (QED) is 0.476. The van der Waals surface area contributed by atoms with E-state index < -0.39 is 23.5 Å². The van der Waals surface area contributed by atoms with Crippen molar-refractivity contribution in [3.8, 4) is 11.1 Å². The zero-order valence-corrected chi connectivity index (χ0v) is 20.3. The van der Waals surface area contributed by atoms with Crippen LogP contribution in [0.3, 0.4) is 0 Å². The Morgan fingerprint density at radius 3 is 1.97 bits per heavy atom. The summed E-state index contributed by atoms with van der Waals surface area (Å²) >= 11 is 0. The van der Waals surface area contributed by atoms with Crippen LogP contribution in [-0.2, 0) is 14.3 Å². The summed E-state index contributed by atoms with van der Waals surface area (Å²) in [6.45, 7) is 7.45. The lowest BCUT2D eigenvalue weighted by atomic mass is 9.80. The van der Waals surface area contributed by atoms with Crippen molar-refractivity contribution < 1.29 is 24.2 Å². The van der Waals surface area contributed by atoms with Gasteiger partial charge in [0.25, 0.3) is 0 Å². The van der Waals surface area contributed by atoms with Crippen molar-refractivity contribution in [1.29, 1.82) is 0 Å². The predicted molar refractivity (Wildman–Crippen MR) is 130 cm³/mol. The molecule has 0 bridgehead atoms. The molecule has 1 aliphatic rings. The van der Waals surface area contributed by atoms with Gasteiger partial charge in [-0.2, -0.15) is 0 Å². The van der Waals surface area contributed by atoms with Gasteiger partial charge in [-0.25, -0.2) is 9.59 Å². The molecule has 34 heavy (non-hydrogen) atoms. The first-order chi connectivity index (χ1) is 16.2. The summed E-state index contributed by atoms with van der Waals surface area (Å²) in [7, 11) is 0. The summed E-state index contributed by atoms with van der Waals surface area (Å²) in [4.78, 5) is 37.2. The summed E-state index contributed by atoms with van der Waals surface area (Å²) in [5, 5.41) is 14.8. The number of carbonyl (C=O) groups is 3. The van der Waals surface area contributed by atoms with Gasteiger partial charge in [0.05, 0.1) is 5.41 Å². The minimum Gasteiger partial charge on any atom is -0.480 e. The fourth-order valence-corrected chi connectivity index (χ4v) is 4.60. The van der Waals surface area contributed by atoms with Crippen molar-refractivity contribution in [3.63, 3.8) is 0 Å². The number of alkyl carbamates (subject to hydrolysis) is 1. The maximum atomic E-state index is 13.0. The monoisotopic (exact) mass is 466 g/mol. The minimum absolute atomic E-state index is 0.0501. The molecule has 0 aliphatic heterocycles. The molecule has 0 aromatic heterocycles. The number of hydrogen-bond donors (Lipinski definition) is 3. The summed E-state index contributed by atoms with van der Waals surface area (Å²) < 4.78 is 5.59. The molecule has 0 radical (unpaired) electrons. The van der Waals surface area contributed by atoms with Crippen LogP contribution in [0, 0.1) is 11.3 Å². The largest absolute Gasteiger partial charge is 0.480 e. The first-order valence-corrected chi connectivity index (χ1v) is 11.9. The molecule has 0 heterocycles. The Morgan fingerprint density at radius 1 is 0.971 bits per heavy atom. The Hall–Kier alpha value is -3.35. The van der Waals surface area contributed by atoms with Gasteiger partial charge >= 0.3 is 12.1 Å². The topological polar surface area (TPSA) is 105 Å². The van der Waals surface area contributed by atoms with E-state index in [0.29, 0.717) is 12.8 Å². The molecule has 0 saturated carbocycles. The van der Waals surface area contributed by atoms with Gasteiger partial charge in [0.2, 0.25) is 5.91 Å². The van der Waals surface area contributed by atoms with Crippen molar-refractivity contribution in [2.24, 2.45) is 11.3 Å². The molecular formula is C27H34N2O5. The molecular weight excluding hydrogens is 432 g/mol. The Kier molecular flexibility index (Phi) is 7.97. The van der Waals surface area contributed by atoms with Gasteiger partial charge in [0.15, 0.2) is 0 Å². The average Bonchev–Trinajstić information content (AvgIpc) is 3.15. The molecule has 1 unspecified atom stereocenters. The van der Waals surface area contributed by atoms with Crippen LogP contribution in [0.1, 0.15) is 57.6 Å². The lowest BCUT2D eigenvalue weighted by molar-refractivity contribution is -0.145. The van der Waals surface area contributed by atoms with E-state index >= 15 is 0 Å². The number of carboxylic acids is 1. The highest BCUT2D eigenvalue weighted by atomic mass is 16.5. The number of nitrogens with one attached hydrogen (secondary N) is 2. The number of benzene rings is 2. The van der Waals surface area contributed by atoms with Crippen LogP contribution in [0.2, 0.25) is 0 Å². The minimum atomic E-state index is -1.08. The zero-order valence-electron chi connectivity index (χ0n) is 20.3. The Morgan fingerprint density at radius 2 is 1.50 bits per heavy atom. The van der Waals surface area contributed by atoms with Crippen molar-refractivity contribution in [3.05, 3.63) is 59.7 Å². The SMILES string of the molecule is CCC(CC)(CNC(=O)OCC1c2ccccc2-c2ccccc21)C(=O)NC(C(=O)O)C(C)C. The van der Waals surface area contributed by atoms with Crippen LogP contribution in [0.25, 0.3) is 11.1 Å². The normalized spacial score (nSPS) is 13.7. The van der Waals surface area contributed by atoms with Gasteiger partial charge in [-0.1, -0.05) is 76.2 Å². The summed E-state index contributed by atoms with van der Waals surface area (Å²) in [5.41, 5.74) is 3.63. The van der Waals surface area contributed by atoms with Gasteiger partial charge in [-0.15, -0.1) is 0 Å². The van der Waals surface area contributed by atoms with Crippen molar-refractivity contribution in [1.82, 2.24) is 10.6 Å². The van der Waals surface area contributed by atoms with E-state index in [0.717, 1.165) is 22.3 Å². The van der Waals surface area contributed by atoms with E-state index in [4.69, 9.17) is 4.74 Å². The smallest absolute Gasteiger partial charge is 0.407 e. The number of carboxylic acid groups (broad SMARTS) is 1.